The highest BCUT2D eigenvalue weighted by molar-refractivity contribution is 5.81. The van der Waals surface area contributed by atoms with Gasteiger partial charge in [0.05, 0.1) is 0 Å². The van der Waals surface area contributed by atoms with Crippen LogP contribution in [0.15, 0.2) is 0 Å². The summed E-state index contributed by atoms with van der Waals surface area (Å²) in [5.41, 5.74) is 0. The first-order valence-electron chi connectivity index (χ1n) is 4.34. The van der Waals surface area contributed by atoms with Gasteiger partial charge >= 0.3 is 0 Å². The van der Waals surface area contributed by atoms with E-state index >= 15 is 0 Å². The number of hydrogen-bond donors (Lipinski definition) is 2. The molecule has 0 radical (unpaired) electrons. The second kappa shape index (κ2) is 2.77. The normalized spacial score (nSPS) is 35.0. The molecule has 4 heteroatoms. The quantitative estimate of drug-likeness (QED) is 0.514. The zero-order chi connectivity index (χ0) is 8.55. The SMILES string of the molecule is O=C1CC[C@@H]2NC(=O)CC[C@@H]2N1. The van der Waals surface area contributed by atoms with E-state index in [1.807, 2.05) is 0 Å². The maximum Gasteiger partial charge on any atom is 0.220 e. The molecule has 2 aliphatic rings. The van der Waals surface area contributed by atoms with Gasteiger partial charge in [0.25, 0.3) is 0 Å². The molecular formula is C8H12N2O2. The first-order valence-corrected chi connectivity index (χ1v) is 4.34. The molecule has 0 bridgehead atoms. The van der Waals surface area contributed by atoms with Crippen LogP contribution in [0.3, 0.4) is 0 Å². The lowest BCUT2D eigenvalue weighted by atomic mass is 9.91. The van der Waals surface area contributed by atoms with Crippen LogP contribution in [0.5, 0.6) is 0 Å². The molecule has 2 atom stereocenters. The number of carbonyl (C=O) groups excluding carboxylic acids is 2. The van der Waals surface area contributed by atoms with E-state index in [4.69, 9.17) is 0 Å². The highest BCUT2D eigenvalue weighted by Crippen LogP contribution is 2.17. The van der Waals surface area contributed by atoms with Crippen LogP contribution < -0.4 is 10.6 Å². The summed E-state index contributed by atoms with van der Waals surface area (Å²) in [6, 6.07) is 0.368. The van der Waals surface area contributed by atoms with Crippen molar-refractivity contribution in [3.8, 4) is 0 Å². The molecule has 2 amide bonds. The van der Waals surface area contributed by atoms with Crippen molar-refractivity contribution in [1.82, 2.24) is 10.6 Å². The van der Waals surface area contributed by atoms with Gasteiger partial charge in [0.2, 0.25) is 11.8 Å². The van der Waals surface area contributed by atoms with Crippen LogP contribution >= 0.6 is 0 Å². The maximum atomic E-state index is 11.0. The Morgan fingerprint density at radius 2 is 1.33 bits per heavy atom. The maximum absolute atomic E-state index is 11.0. The molecule has 0 spiro atoms. The molecule has 2 aliphatic heterocycles. The van der Waals surface area contributed by atoms with Crippen LogP contribution in [0, 0.1) is 0 Å². The van der Waals surface area contributed by atoms with Gasteiger partial charge in [-0.1, -0.05) is 0 Å². The van der Waals surface area contributed by atoms with Crippen LogP contribution in [-0.2, 0) is 9.59 Å². The Morgan fingerprint density at radius 3 is 1.75 bits per heavy atom. The van der Waals surface area contributed by atoms with Gasteiger partial charge in [0.1, 0.15) is 0 Å². The number of carbonyl (C=O) groups is 2. The van der Waals surface area contributed by atoms with Crippen molar-refractivity contribution in [3.63, 3.8) is 0 Å². The van der Waals surface area contributed by atoms with Crippen molar-refractivity contribution >= 4 is 11.8 Å². The lowest BCUT2D eigenvalue weighted by molar-refractivity contribution is -0.129. The molecule has 0 aromatic carbocycles. The average molecular weight is 168 g/mol. The summed E-state index contributed by atoms with van der Waals surface area (Å²) in [6.07, 6.45) is 2.67. The lowest BCUT2D eigenvalue weighted by Gasteiger charge is -2.36. The van der Waals surface area contributed by atoms with Gasteiger partial charge < -0.3 is 10.6 Å². The number of rotatable bonds is 0. The first-order chi connectivity index (χ1) is 5.75. The second-order valence-corrected chi connectivity index (χ2v) is 3.43. The molecule has 2 rings (SSSR count). The minimum Gasteiger partial charge on any atom is -0.351 e. The van der Waals surface area contributed by atoms with E-state index in [1.165, 1.54) is 0 Å². The molecule has 66 valence electrons. The minimum absolute atomic E-state index is 0.118. The van der Waals surface area contributed by atoms with Crippen molar-refractivity contribution in [1.29, 1.82) is 0 Å². The molecule has 4 nitrogen and oxygen atoms in total. The van der Waals surface area contributed by atoms with Crippen molar-refractivity contribution < 1.29 is 9.59 Å². The van der Waals surface area contributed by atoms with E-state index in [0.717, 1.165) is 12.8 Å². The number of amides is 2. The average Bonchev–Trinajstić information content (AvgIpc) is 2.05. The van der Waals surface area contributed by atoms with Gasteiger partial charge in [-0.25, -0.2) is 0 Å². The predicted molar refractivity (Wildman–Crippen MR) is 42.3 cm³/mol. The zero-order valence-electron chi connectivity index (χ0n) is 6.80. The number of fused-ring (bicyclic) bond motifs is 1. The van der Waals surface area contributed by atoms with Gasteiger partial charge in [-0.15, -0.1) is 0 Å². The molecule has 2 heterocycles. The molecule has 0 aliphatic carbocycles. The minimum atomic E-state index is 0.118. The third-order valence-electron chi connectivity index (χ3n) is 2.54. The monoisotopic (exact) mass is 168 g/mol. The third-order valence-corrected chi connectivity index (χ3v) is 2.54. The van der Waals surface area contributed by atoms with Gasteiger partial charge in [0, 0.05) is 24.9 Å². The number of nitrogens with one attached hydrogen (secondary N) is 2. The summed E-state index contributed by atoms with van der Waals surface area (Å²) in [6.45, 7) is 0. The smallest absolute Gasteiger partial charge is 0.220 e. The van der Waals surface area contributed by atoms with Gasteiger partial charge in [-0.3, -0.25) is 9.59 Å². The van der Waals surface area contributed by atoms with E-state index in [-0.39, 0.29) is 23.9 Å². The number of hydrogen-bond acceptors (Lipinski definition) is 2. The molecule has 2 N–H and O–H groups in total. The largest absolute Gasteiger partial charge is 0.351 e. The summed E-state index contributed by atoms with van der Waals surface area (Å²) < 4.78 is 0. The van der Waals surface area contributed by atoms with Gasteiger partial charge in [0.15, 0.2) is 0 Å². The molecule has 0 aromatic heterocycles. The zero-order valence-corrected chi connectivity index (χ0v) is 6.80. The van der Waals surface area contributed by atoms with Crippen molar-refractivity contribution in [2.45, 2.75) is 37.8 Å². The van der Waals surface area contributed by atoms with E-state index in [9.17, 15) is 9.59 Å². The molecule has 0 unspecified atom stereocenters. The molecule has 2 fully saturated rings. The molecular weight excluding hydrogens is 156 g/mol. The van der Waals surface area contributed by atoms with Crippen LogP contribution in [0.1, 0.15) is 25.7 Å². The van der Waals surface area contributed by atoms with E-state index in [0.29, 0.717) is 12.8 Å². The Balaban J connectivity index is 2.02. The van der Waals surface area contributed by atoms with Crippen molar-refractivity contribution in [2.24, 2.45) is 0 Å². The Labute approximate surface area is 70.7 Å². The Kier molecular flexibility index (Phi) is 1.75. The molecule has 12 heavy (non-hydrogen) atoms. The van der Waals surface area contributed by atoms with Crippen LogP contribution in [0.4, 0.5) is 0 Å². The summed E-state index contributed by atoms with van der Waals surface area (Å²) in [5, 5.41) is 5.77. The fourth-order valence-electron chi connectivity index (χ4n) is 1.88. The van der Waals surface area contributed by atoms with E-state index in [1.54, 1.807) is 0 Å². The predicted octanol–water partition coefficient (Wildman–Crippen LogP) is -0.456. The highest BCUT2D eigenvalue weighted by atomic mass is 16.2. The number of piperidine rings is 2. The highest BCUT2D eigenvalue weighted by Gasteiger charge is 2.32. The van der Waals surface area contributed by atoms with E-state index < -0.39 is 0 Å². The Morgan fingerprint density at radius 1 is 0.917 bits per heavy atom. The van der Waals surface area contributed by atoms with Crippen molar-refractivity contribution in [3.05, 3.63) is 0 Å². The van der Waals surface area contributed by atoms with Crippen molar-refractivity contribution in [2.75, 3.05) is 0 Å². The molecule has 0 saturated carbocycles. The molecule has 2 saturated heterocycles. The summed E-state index contributed by atoms with van der Waals surface area (Å²) in [7, 11) is 0. The summed E-state index contributed by atoms with van der Waals surface area (Å²) in [5.74, 6) is 0.236. The molecule has 0 aromatic rings. The lowest BCUT2D eigenvalue weighted by Crippen LogP contribution is -2.58. The summed E-state index contributed by atoms with van der Waals surface area (Å²) in [4.78, 5) is 22.0. The first kappa shape index (κ1) is 7.58. The van der Waals surface area contributed by atoms with Gasteiger partial charge in [-0.05, 0) is 12.8 Å². The fraction of sp³-hybridized carbons (Fsp3) is 0.750. The third kappa shape index (κ3) is 1.29. The van der Waals surface area contributed by atoms with E-state index in [2.05, 4.69) is 10.6 Å². The Bertz CT molecular complexity index is 203. The van der Waals surface area contributed by atoms with Crippen LogP contribution in [0.2, 0.25) is 0 Å². The fourth-order valence-corrected chi connectivity index (χ4v) is 1.88. The Hall–Kier alpha value is -1.06. The van der Waals surface area contributed by atoms with Crippen LogP contribution in [-0.4, -0.2) is 23.9 Å². The standard InChI is InChI=1S/C8H12N2O2/c11-7-3-1-5-6(10-7)2-4-8(12)9-5/h5-6H,1-4H2,(H,9,12)(H,10,11)/t5-,6-/m0/s1. The topological polar surface area (TPSA) is 58.2 Å². The van der Waals surface area contributed by atoms with Crippen LogP contribution in [0.25, 0.3) is 0 Å². The van der Waals surface area contributed by atoms with Gasteiger partial charge in [-0.2, -0.15) is 0 Å². The second-order valence-electron chi connectivity index (χ2n) is 3.43. The summed E-state index contributed by atoms with van der Waals surface area (Å²) >= 11 is 0.